The molecule has 0 unspecified atom stereocenters. The number of hydrazone groups is 1. The lowest BCUT2D eigenvalue weighted by Crippen LogP contribution is -2.34. The van der Waals surface area contributed by atoms with Crippen molar-refractivity contribution < 1.29 is 23.8 Å². The first-order chi connectivity index (χ1) is 14.5. The van der Waals surface area contributed by atoms with Crippen LogP contribution in [0, 0.1) is 0 Å². The van der Waals surface area contributed by atoms with Gasteiger partial charge in [-0.05, 0) is 42.8 Å². The number of nitrogens with zero attached hydrogens (tertiary/aromatic N) is 1. The van der Waals surface area contributed by atoms with Crippen LogP contribution in [0.25, 0.3) is 0 Å². The second kappa shape index (κ2) is 11.8. The van der Waals surface area contributed by atoms with Crippen molar-refractivity contribution in [2.75, 3.05) is 27.4 Å². The van der Waals surface area contributed by atoms with Gasteiger partial charge in [-0.2, -0.15) is 5.10 Å². The van der Waals surface area contributed by atoms with Crippen LogP contribution in [0.1, 0.15) is 29.3 Å². The molecule has 2 aromatic rings. The average Bonchev–Trinajstić information content (AvgIpc) is 2.76. The number of carbonyl (C=O) groups is 2. The van der Waals surface area contributed by atoms with Gasteiger partial charge in [0.1, 0.15) is 5.75 Å². The maximum absolute atomic E-state index is 12.2. The average molecular weight is 478 g/mol. The molecule has 0 aliphatic heterocycles. The summed E-state index contributed by atoms with van der Waals surface area (Å²) in [6, 6.07) is 10.3. The minimum Gasteiger partial charge on any atom is -0.493 e. The molecular formula is C21H24BrN3O5. The third-order valence-electron chi connectivity index (χ3n) is 3.88. The maximum Gasteiger partial charge on any atom is 0.259 e. The molecule has 2 rings (SSSR count). The summed E-state index contributed by atoms with van der Waals surface area (Å²) >= 11 is 3.40. The number of hydrogen-bond donors (Lipinski definition) is 2. The highest BCUT2D eigenvalue weighted by molar-refractivity contribution is 9.10. The van der Waals surface area contributed by atoms with Crippen molar-refractivity contribution in [3.8, 4) is 17.2 Å². The quantitative estimate of drug-likeness (QED) is 0.404. The Balaban J connectivity index is 1.91. The van der Waals surface area contributed by atoms with E-state index in [0.717, 1.165) is 10.9 Å². The van der Waals surface area contributed by atoms with Gasteiger partial charge >= 0.3 is 0 Å². The molecule has 0 aliphatic carbocycles. The summed E-state index contributed by atoms with van der Waals surface area (Å²) in [5, 5.41) is 6.47. The van der Waals surface area contributed by atoms with Crippen LogP contribution in [0.5, 0.6) is 17.2 Å². The number of ether oxygens (including phenoxy) is 3. The third-order valence-corrected chi connectivity index (χ3v) is 4.37. The Labute approximate surface area is 183 Å². The van der Waals surface area contributed by atoms with Crippen LogP contribution in [-0.2, 0) is 4.79 Å². The van der Waals surface area contributed by atoms with Crippen molar-refractivity contribution in [1.29, 1.82) is 0 Å². The molecule has 0 aliphatic rings. The topological polar surface area (TPSA) is 98.2 Å². The summed E-state index contributed by atoms with van der Waals surface area (Å²) in [7, 11) is 2.99. The Hall–Kier alpha value is -3.07. The summed E-state index contributed by atoms with van der Waals surface area (Å²) in [5.74, 6) is 0.716. The first-order valence-electron chi connectivity index (χ1n) is 9.23. The highest BCUT2D eigenvalue weighted by atomic mass is 79.9. The Bertz CT molecular complexity index is 918. The second-order valence-corrected chi connectivity index (χ2v) is 6.99. The van der Waals surface area contributed by atoms with Crippen LogP contribution in [-0.4, -0.2) is 45.4 Å². The van der Waals surface area contributed by atoms with Crippen LogP contribution >= 0.6 is 15.9 Å². The van der Waals surface area contributed by atoms with E-state index in [0.29, 0.717) is 35.0 Å². The number of halogens is 1. The predicted octanol–water partition coefficient (Wildman–Crippen LogP) is 3.14. The van der Waals surface area contributed by atoms with Gasteiger partial charge < -0.3 is 19.5 Å². The summed E-state index contributed by atoms with van der Waals surface area (Å²) in [5.41, 5.74) is 3.44. The molecular weight excluding hydrogens is 454 g/mol. The number of benzene rings is 2. The van der Waals surface area contributed by atoms with Crippen LogP contribution in [0.2, 0.25) is 0 Å². The number of methoxy groups -OCH3 is 2. The molecule has 9 heteroatoms. The van der Waals surface area contributed by atoms with Crippen molar-refractivity contribution in [1.82, 2.24) is 10.7 Å². The summed E-state index contributed by atoms with van der Waals surface area (Å²) in [4.78, 5) is 24.2. The van der Waals surface area contributed by atoms with E-state index in [4.69, 9.17) is 14.2 Å². The van der Waals surface area contributed by atoms with Gasteiger partial charge in [0, 0.05) is 15.6 Å². The molecule has 30 heavy (non-hydrogen) atoms. The highest BCUT2D eigenvalue weighted by Crippen LogP contribution is 2.27. The van der Waals surface area contributed by atoms with Gasteiger partial charge in [0.25, 0.3) is 11.8 Å². The van der Waals surface area contributed by atoms with Crippen LogP contribution in [0.15, 0.2) is 46.0 Å². The van der Waals surface area contributed by atoms with Crippen molar-refractivity contribution in [2.45, 2.75) is 13.3 Å². The number of amides is 2. The SMILES string of the molecule is CCCOc1ccc(Br)cc1C=NNC(=O)CNC(=O)c1ccc(OC)c(OC)c1. The molecule has 0 saturated heterocycles. The molecule has 160 valence electrons. The van der Waals surface area contributed by atoms with Crippen LogP contribution in [0.4, 0.5) is 0 Å². The first-order valence-corrected chi connectivity index (χ1v) is 10.0. The van der Waals surface area contributed by atoms with E-state index in [-0.39, 0.29) is 6.54 Å². The van der Waals surface area contributed by atoms with E-state index in [2.05, 4.69) is 31.8 Å². The van der Waals surface area contributed by atoms with Crippen molar-refractivity contribution in [3.63, 3.8) is 0 Å². The van der Waals surface area contributed by atoms with E-state index in [1.165, 1.54) is 26.5 Å². The van der Waals surface area contributed by atoms with E-state index >= 15 is 0 Å². The lowest BCUT2D eigenvalue weighted by molar-refractivity contribution is -0.120. The molecule has 0 atom stereocenters. The summed E-state index contributed by atoms with van der Waals surface area (Å²) in [6.07, 6.45) is 2.37. The molecule has 2 N–H and O–H groups in total. The van der Waals surface area contributed by atoms with Crippen LogP contribution < -0.4 is 25.0 Å². The second-order valence-electron chi connectivity index (χ2n) is 6.08. The molecule has 0 radical (unpaired) electrons. The van der Waals surface area contributed by atoms with Crippen molar-refractivity contribution in [2.24, 2.45) is 5.10 Å². The van der Waals surface area contributed by atoms with E-state index in [9.17, 15) is 9.59 Å². The highest BCUT2D eigenvalue weighted by Gasteiger charge is 2.12. The van der Waals surface area contributed by atoms with Gasteiger partial charge in [-0.15, -0.1) is 0 Å². The zero-order valence-corrected chi connectivity index (χ0v) is 18.6. The standard InChI is InChI=1S/C21H24BrN3O5/c1-4-9-30-17-8-6-16(22)10-15(17)12-24-25-20(26)13-23-21(27)14-5-7-18(28-2)19(11-14)29-3/h5-8,10-12H,4,9,13H2,1-3H3,(H,23,27)(H,25,26). The molecule has 2 amide bonds. The molecule has 0 aromatic heterocycles. The van der Waals surface area contributed by atoms with Gasteiger partial charge in [0.15, 0.2) is 11.5 Å². The van der Waals surface area contributed by atoms with Gasteiger partial charge in [-0.1, -0.05) is 22.9 Å². The Morgan fingerprint density at radius 3 is 2.50 bits per heavy atom. The molecule has 2 aromatic carbocycles. The fourth-order valence-corrected chi connectivity index (χ4v) is 2.80. The van der Waals surface area contributed by atoms with Gasteiger partial charge in [0.05, 0.1) is 33.6 Å². The van der Waals surface area contributed by atoms with Gasteiger partial charge in [0.2, 0.25) is 0 Å². The third kappa shape index (κ3) is 6.77. The number of nitrogens with one attached hydrogen (secondary N) is 2. The van der Waals surface area contributed by atoms with Gasteiger partial charge in [-0.3, -0.25) is 9.59 Å². The molecule has 0 bridgehead atoms. The van der Waals surface area contributed by atoms with Crippen molar-refractivity contribution >= 4 is 34.0 Å². The molecule has 0 heterocycles. The minimum atomic E-state index is -0.467. The lowest BCUT2D eigenvalue weighted by Gasteiger charge is -2.10. The molecule has 8 nitrogen and oxygen atoms in total. The van der Waals surface area contributed by atoms with Crippen molar-refractivity contribution in [3.05, 3.63) is 52.0 Å². The fourth-order valence-electron chi connectivity index (χ4n) is 2.42. The molecule has 0 spiro atoms. The monoisotopic (exact) mass is 477 g/mol. The molecule has 0 fully saturated rings. The number of rotatable bonds is 10. The summed E-state index contributed by atoms with van der Waals surface area (Å²) < 4.78 is 16.8. The largest absolute Gasteiger partial charge is 0.493 e. The zero-order valence-electron chi connectivity index (χ0n) is 17.0. The van der Waals surface area contributed by atoms with Crippen LogP contribution in [0.3, 0.4) is 0 Å². The molecule has 0 saturated carbocycles. The fraction of sp³-hybridized carbons (Fsp3) is 0.286. The maximum atomic E-state index is 12.2. The summed E-state index contributed by atoms with van der Waals surface area (Å²) in [6.45, 7) is 2.36. The van der Waals surface area contributed by atoms with E-state index < -0.39 is 11.8 Å². The number of hydrogen-bond acceptors (Lipinski definition) is 6. The Morgan fingerprint density at radius 1 is 1.07 bits per heavy atom. The Kier molecular flexibility index (Phi) is 9.14. The van der Waals surface area contributed by atoms with E-state index in [1.807, 2.05) is 25.1 Å². The van der Waals surface area contributed by atoms with Gasteiger partial charge in [-0.25, -0.2) is 5.43 Å². The predicted molar refractivity (Wildman–Crippen MR) is 118 cm³/mol. The minimum absolute atomic E-state index is 0.234. The lowest BCUT2D eigenvalue weighted by atomic mass is 10.2. The Morgan fingerprint density at radius 2 is 1.80 bits per heavy atom. The smallest absolute Gasteiger partial charge is 0.259 e. The zero-order chi connectivity index (χ0) is 21.9. The first kappa shape index (κ1) is 23.2. The normalized spacial score (nSPS) is 10.5. The number of carbonyl (C=O) groups excluding carboxylic acids is 2. The van der Waals surface area contributed by atoms with E-state index in [1.54, 1.807) is 12.1 Å².